The summed E-state index contributed by atoms with van der Waals surface area (Å²) in [5.41, 5.74) is -2.36. The van der Waals surface area contributed by atoms with Crippen molar-refractivity contribution in [2.24, 2.45) is 0 Å². The van der Waals surface area contributed by atoms with Crippen molar-refractivity contribution in [2.45, 2.75) is 140 Å². The van der Waals surface area contributed by atoms with Crippen LogP contribution in [-0.2, 0) is 100 Å². The molecule has 0 bridgehead atoms. The smallest absolute Gasteiger partial charge is 0.303 e. The highest BCUT2D eigenvalue weighted by molar-refractivity contribution is 7.90. The Hall–Kier alpha value is -4.12. The molecule has 3 fully saturated rings. The monoisotopic (exact) mass is 875 g/mol. The first-order valence-corrected chi connectivity index (χ1v) is 19.3. The lowest BCUT2D eigenvalue weighted by atomic mass is 9.96. The number of nitrogens with one attached hydrogen (secondary N) is 1. The second-order valence-corrected chi connectivity index (χ2v) is 15.1. The molecule has 3 saturated heterocycles. The van der Waals surface area contributed by atoms with Crippen LogP contribution >= 0.6 is 0 Å². The van der Waals surface area contributed by atoms with E-state index < -0.39 is 163 Å². The van der Waals surface area contributed by atoms with Crippen molar-refractivity contribution in [3.8, 4) is 0 Å². The zero-order valence-corrected chi connectivity index (χ0v) is 33.9. The fraction of sp³-hybridized carbons (Fsp3) is 0.788. The molecule has 3 aliphatic heterocycles. The van der Waals surface area contributed by atoms with Gasteiger partial charge in [0, 0.05) is 62.1 Å². The molecule has 0 aromatic rings. The van der Waals surface area contributed by atoms with Crippen molar-refractivity contribution < 1.29 is 114 Å². The van der Waals surface area contributed by atoms with Gasteiger partial charge in [0.15, 0.2) is 43.1 Å². The third-order valence-corrected chi connectivity index (χ3v) is 10.1. The quantitative estimate of drug-likeness (QED) is 0.0847. The molecule has 26 heteroatoms. The van der Waals surface area contributed by atoms with Gasteiger partial charge < -0.3 is 72.2 Å². The largest absolute Gasteiger partial charge is 0.463 e. The second kappa shape index (κ2) is 21.4. The zero-order valence-electron chi connectivity index (χ0n) is 33.1. The van der Waals surface area contributed by atoms with Crippen LogP contribution in [0.2, 0.25) is 0 Å². The summed E-state index contributed by atoms with van der Waals surface area (Å²) in [6.45, 7) is 4.29. The molecule has 4 N–H and O–H groups in total. The Morgan fingerprint density at radius 3 is 1.41 bits per heavy atom. The Labute approximate surface area is 337 Å². The summed E-state index contributed by atoms with van der Waals surface area (Å²) in [4.78, 5) is 86.1. The van der Waals surface area contributed by atoms with E-state index in [4.69, 9.17) is 56.8 Å². The Bertz CT molecular complexity index is 1640. The molecule has 25 nitrogen and oxygen atoms in total. The highest BCUT2D eigenvalue weighted by Gasteiger charge is 2.59. The normalized spacial score (nSPS) is 34.7. The van der Waals surface area contributed by atoms with Gasteiger partial charge in [-0.1, -0.05) is 0 Å². The van der Waals surface area contributed by atoms with E-state index in [1.165, 1.54) is 0 Å². The van der Waals surface area contributed by atoms with Gasteiger partial charge in [0.05, 0.1) is 0 Å². The van der Waals surface area contributed by atoms with Crippen molar-refractivity contribution >= 4 is 51.8 Å². The van der Waals surface area contributed by atoms with Crippen molar-refractivity contribution in [3.05, 3.63) is 0 Å². The number of methoxy groups -OCH3 is 1. The molecule has 3 aliphatic rings. The van der Waals surface area contributed by atoms with Crippen LogP contribution in [0.3, 0.4) is 0 Å². The molecule has 0 amide bonds. The predicted molar refractivity (Wildman–Crippen MR) is 184 cm³/mol. The number of carbonyl (C=O) groups excluding carboxylic acids is 7. The average Bonchev–Trinajstić information content (AvgIpc) is 3.11. The van der Waals surface area contributed by atoms with E-state index in [1.54, 1.807) is 0 Å². The van der Waals surface area contributed by atoms with Crippen LogP contribution in [0.25, 0.3) is 0 Å². The third-order valence-electron chi connectivity index (χ3n) is 8.58. The summed E-state index contributed by atoms with van der Waals surface area (Å²) in [5, 5.41) is 30.9. The topological polar surface area (TPSA) is 337 Å². The zero-order chi connectivity index (χ0) is 44.5. The maximum absolute atomic E-state index is 14.0. The number of rotatable bonds is 16. The molecule has 0 aliphatic carbocycles. The summed E-state index contributed by atoms with van der Waals surface area (Å²) < 4.78 is 95.8. The number of aliphatic hydroxyl groups is 3. The van der Waals surface area contributed by atoms with E-state index in [1.807, 2.05) is 0 Å². The van der Waals surface area contributed by atoms with E-state index >= 15 is 0 Å². The van der Waals surface area contributed by atoms with Gasteiger partial charge in [-0.05, 0) is 0 Å². The van der Waals surface area contributed by atoms with Crippen LogP contribution in [0.15, 0.2) is 0 Å². The molecule has 0 saturated carbocycles. The molecule has 0 spiro atoms. The first kappa shape index (κ1) is 49.2. The third kappa shape index (κ3) is 13.4. The van der Waals surface area contributed by atoms with E-state index in [0.29, 0.717) is 0 Å². The summed E-state index contributed by atoms with van der Waals surface area (Å²) in [5.74, 6) is -6.99. The molecule has 15 atom stereocenters. The molecule has 0 radical (unpaired) electrons. The number of esters is 7. The molecule has 3 heterocycles. The van der Waals surface area contributed by atoms with Crippen molar-refractivity contribution in [3.63, 3.8) is 0 Å². The molecule has 0 aromatic heterocycles. The Morgan fingerprint density at radius 2 is 0.932 bits per heavy atom. The second-order valence-electron chi connectivity index (χ2n) is 13.3. The van der Waals surface area contributed by atoms with Crippen molar-refractivity contribution in [1.29, 1.82) is 0 Å². The fourth-order valence-corrected chi connectivity index (χ4v) is 7.70. The van der Waals surface area contributed by atoms with Crippen LogP contribution in [0.4, 0.5) is 0 Å². The average molecular weight is 876 g/mol. The minimum atomic E-state index is -5.01. The summed E-state index contributed by atoms with van der Waals surface area (Å²) >= 11 is 0. The van der Waals surface area contributed by atoms with Crippen LogP contribution in [-0.4, -0.2) is 184 Å². The summed E-state index contributed by atoms with van der Waals surface area (Å²) in [6, 6.07) is 0. The van der Waals surface area contributed by atoms with Gasteiger partial charge >= 0.3 is 41.8 Å². The molecular formula is C33H49NO24S. The van der Waals surface area contributed by atoms with Gasteiger partial charge in [-0.25, -0.2) is 13.1 Å². The minimum Gasteiger partial charge on any atom is -0.463 e. The standard InChI is InChI=1S/C33H49NO24S/c1-12(35)48-10-20-25(50-14(3)37)27(51-15(4)38)29(53-17(6)40)32(56-20)58-26-21(11-49-13(2)36)57-33(30(54-18(7)41)28(26)52-16(5)39)59(45,46)34-9-19-22(42)23(43)24(44)31(47-8)55-19/h19-34,42-44H,9-11H2,1-8H3/t19-,20-,21-,22-,23+,24-,25-,26-,27+,28+,29-,30-,31+,32-,33+/m1/s1. The number of carbonyl (C=O) groups is 7. The highest BCUT2D eigenvalue weighted by atomic mass is 32.2. The molecule has 59 heavy (non-hydrogen) atoms. The Balaban J connectivity index is 2.16. The van der Waals surface area contributed by atoms with Crippen LogP contribution in [0, 0.1) is 0 Å². The Morgan fingerprint density at radius 1 is 0.508 bits per heavy atom. The van der Waals surface area contributed by atoms with Crippen molar-refractivity contribution in [1.82, 2.24) is 4.72 Å². The van der Waals surface area contributed by atoms with E-state index in [9.17, 15) is 57.3 Å². The van der Waals surface area contributed by atoms with Gasteiger partial charge in [0.25, 0.3) is 0 Å². The van der Waals surface area contributed by atoms with Gasteiger partial charge in [-0.3, -0.25) is 33.6 Å². The first-order valence-electron chi connectivity index (χ1n) is 17.8. The minimum absolute atomic E-state index is 0.689. The van der Waals surface area contributed by atoms with E-state index in [2.05, 4.69) is 4.72 Å². The molecule has 3 rings (SSSR count). The van der Waals surface area contributed by atoms with Gasteiger partial charge in [-0.15, -0.1) is 0 Å². The Kier molecular flexibility index (Phi) is 17.9. The first-order chi connectivity index (χ1) is 27.5. The maximum atomic E-state index is 14.0. The maximum Gasteiger partial charge on any atom is 0.303 e. The van der Waals surface area contributed by atoms with Gasteiger partial charge in [0.1, 0.15) is 55.9 Å². The summed E-state index contributed by atoms with van der Waals surface area (Å²) in [7, 11) is -3.90. The number of aliphatic hydroxyl groups excluding tert-OH is 3. The van der Waals surface area contributed by atoms with Gasteiger partial charge in [-0.2, -0.15) is 0 Å². The van der Waals surface area contributed by atoms with Gasteiger partial charge in [0.2, 0.25) is 15.5 Å². The number of hydrogen-bond acceptors (Lipinski definition) is 24. The van der Waals surface area contributed by atoms with Crippen LogP contribution in [0.1, 0.15) is 48.5 Å². The van der Waals surface area contributed by atoms with E-state index in [0.717, 1.165) is 55.6 Å². The number of sulfonamides is 1. The molecular weight excluding hydrogens is 826 g/mol. The van der Waals surface area contributed by atoms with Crippen molar-refractivity contribution in [2.75, 3.05) is 26.9 Å². The molecule has 0 aromatic carbocycles. The summed E-state index contributed by atoms with van der Waals surface area (Å²) in [6.07, 6.45) is -25.2. The van der Waals surface area contributed by atoms with Crippen LogP contribution < -0.4 is 4.72 Å². The fourth-order valence-electron chi connectivity index (χ4n) is 6.28. The lowest BCUT2D eigenvalue weighted by Crippen LogP contribution is -2.68. The lowest BCUT2D eigenvalue weighted by molar-refractivity contribution is -0.341. The lowest BCUT2D eigenvalue weighted by Gasteiger charge is -2.48. The number of ether oxygens (including phenoxy) is 12. The van der Waals surface area contributed by atoms with E-state index in [-0.39, 0.29) is 0 Å². The molecule has 336 valence electrons. The van der Waals surface area contributed by atoms with Crippen LogP contribution in [0.5, 0.6) is 0 Å². The predicted octanol–water partition coefficient (Wildman–Crippen LogP) is -4.02. The highest BCUT2D eigenvalue weighted by Crippen LogP contribution is 2.36. The number of hydrogen-bond donors (Lipinski definition) is 4. The molecule has 0 unspecified atom stereocenters. The SMILES string of the molecule is CO[C@H]1O[C@H](CNS(=O)(=O)[C@@H]2O[C@H](COC(C)=O)[C@@H](O[C@H]3O[C@H](COC(C)=O)[C@@H](OC(C)=O)[C@H](OC(C)=O)[C@H]3OC(C)=O)[C@H](OC(C)=O)[C@H]2OC(C)=O)[C@@H](O)[C@H](O)[C@H]1O.